The first-order valence-electron chi connectivity index (χ1n) is 9.56. The number of carbonyl (C=O) groups excluding carboxylic acids is 2. The number of aromatic hydroxyl groups is 2. The van der Waals surface area contributed by atoms with Gasteiger partial charge in [-0.25, -0.2) is 4.57 Å². The van der Waals surface area contributed by atoms with Gasteiger partial charge >= 0.3 is 12.1 Å². The molecule has 13 heteroatoms. The molecule has 0 bridgehead atoms. The second kappa shape index (κ2) is 10.1. The lowest BCUT2D eigenvalue weighted by atomic mass is 10.1. The van der Waals surface area contributed by atoms with Crippen LogP contribution in [0, 0.1) is 0 Å². The molecule has 1 aromatic heterocycles. The molecule has 5 N–H and O–H groups in total. The summed E-state index contributed by atoms with van der Waals surface area (Å²) in [6.07, 6.45) is -3.48. The number of rotatable bonds is 8. The van der Waals surface area contributed by atoms with Crippen molar-refractivity contribution in [2.45, 2.75) is 25.9 Å². The molecular weight excluding hydrogens is 451 g/mol. The van der Waals surface area contributed by atoms with E-state index >= 15 is 0 Å². The number of hydrogen-bond donors (Lipinski definition) is 5. The zero-order chi connectivity index (χ0) is 24.9. The minimum absolute atomic E-state index is 0.119. The monoisotopic (exact) mass is 471 g/mol. The summed E-state index contributed by atoms with van der Waals surface area (Å²) < 4.78 is 39.0. The summed E-state index contributed by atoms with van der Waals surface area (Å²) in [5, 5.41) is 34.0. The zero-order valence-electron chi connectivity index (χ0n) is 17.2. The van der Waals surface area contributed by atoms with E-state index in [4.69, 9.17) is 5.11 Å². The molecule has 0 unspecified atom stereocenters. The largest absolute Gasteiger partial charge is 0.506 e. The third-order valence-electron chi connectivity index (χ3n) is 4.45. The molecule has 33 heavy (non-hydrogen) atoms. The number of unbranched alkanes of at least 4 members (excludes halogenated alkanes) is 1. The van der Waals surface area contributed by atoms with Gasteiger partial charge < -0.3 is 26.0 Å². The Kier molecular flexibility index (Phi) is 7.69. The molecule has 10 nitrogen and oxygen atoms in total. The van der Waals surface area contributed by atoms with Gasteiger partial charge in [0.15, 0.2) is 5.75 Å². The van der Waals surface area contributed by atoms with E-state index in [-0.39, 0.29) is 12.2 Å². The molecule has 0 saturated heterocycles. The lowest BCUT2D eigenvalue weighted by Gasteiger charge is -2.17. The van der Waals surface area contributed by atoms with E-state index < -0.39 is 64.4 Å². The van der Waals surface area contributed by atoms with Crippen molar-refractivity contribution in [2.24, 2.45) is 0 Å². The number of aromatic nitrogens is 1. The maximum atomic E-state index is 12.9. The number of carbonyl (C=O) groups is 3. The summed E-state index contributed by atoms with van der Waals surface area (Å²) >= 11 is 0. The number of halogens is 3. The lowest BCUT2D eigenvalue weighted by Crippen LogP contribution is -2.37. The molecule has 2 amide bonds. The Morgan fingerprint density at radius 1 is 1.00 bits per heavy atom. The fraction of sp³-hybridized carbons (Fsp3) is 0.300. The van der Waals surface area contributed by atoms with Crippen LogP contribution in [0.25, 0.3) is 5.69 Å². The standard InChI is InChI=1S/C20H20F3N3O7/c1-2-3-8-24-16(30)13-15(29)14(17(31)25-9-12(27)28)19(33)26(18(13)32)11-6-4-10(5-7-11)20(21,22)23/h4-7,29,32H,2-3,8-9H2,1H3,(H,24,30)(H,25,31)(H,27,28). The molecule has 0 spiro atoms. The van der Waals surface area contributed by atoms with Crippen molar-refractivity contribution in [3.63, 3.8) is 0 Å². The molecule has 0 radical (unpaired) electrons. The molecule has 1 aromatic carbocycles. The number of carboxylic acids is 1. The summed E-state index contributed by atoms with van der Waals surface area (Å²) in [5.74, 6) is -6.24. The van der Waals surface area contributed by atoms with Crippen molar-refractivity contribution in [3.05, 3.63) is 51.3 Å². The molecule has 0 aliphatic heterocycles. The second-order valence-electron chi connectivity index (χ2n) is 6.79. The fourth-order valence-corrected chi connectivity index (χ4v) is 2.82. The first-order valence-corrected chi connectivity index (χ1v) is 9.56. The van der Waals surface area contributed by atoms with Gasteiger partial charge in [-0.05, 0) is 30.7 Å². The van der Waals surface area contributed by atoms with Gasteiger partial charge in [0.2, 0.25) is 5.88 Å². The quantitative estimate of drug-likeness (QED) is 0.366. The van der Waals surface area contributed by atoms with Gasteiger partial charge in [-0.1, -0.05) is 13.3 Å². The van der Waals surface area contributed by atoms with Crippen LogP contribution in [0.4, 0.5) is 13.2 Å². The number of nitrogens with zero attached hydrogens (tertiary/aromatic N) is 1. The number of alkyl halides is 3. The summed E-state index contributed by atoms with van der Waals surface area (Å²) in [6, 6.07) is 2.86. The Labute approximate surface area is 184 Å². The summed E-state index contributed by atoms with van der Waals surface area (Å²) in [7, 11) is 0. The highest BCUT2D eigenvalue weighted by molar-refractivity contribution is 6.05. The van der Waals surface area contributed by atoms with Crippen molar-refractivity contribution in [2.75, 3.05) is 13.1 Å². The molecule has 0 aliphatic rings. The topological polar surface area (TPSA) is 158 Å². The van der Waals surface area contributed by atoms with Crippen LogP contribution in [-0.2, 0) is 11.0 Å². The Bertz CT molecular complexity index is 1130. The molecule has 2 rings (SSSR count). The number of aliphatic carboxylic acids is 1. The molecule has 0 fully saturated rings. The van der Waals surface area contributed by atoms with Gasteiger partial charge in [0, 0.05) is 6.54 Å². The highest BCUT2D eigenvalue weighted by atomic mass is 19.4. The first-order chi connectivity index (χ1) is 15.4. The molecule has 1 heterocycles. The average Bonchev–Trinajstić information content (AvgIpc) is 2.72. The van der Waals surface area contributed by atoms with E-state index in [0.29, 0.717) is 29.5 Å². The van der Waals surface area contributed by atoms with Crippen LogP contribution in [0.2, 0.25) is 0 Å². The number of hydrogen-bond acceptors (Lipinski definition) is 6. The van der Waals surface area contributed by atoms with E-state index in [2.05, 4.69) is 5.32 Å². The Balaban J connectivity index is 2.72. The van der Waals surface area contributed by atoms with Crippen LogP contribution in [0.1, 0.15) is 46.0 Å². The van der Waals surface area contributed by atoms with E-state index in [9.17, 15) is 42.6 Å². The fourth-order valence-electron chi connectivity index (χ4n) is 2.82. The second-order valence-corrected chi connectivity index (χ2v) is 6.79. The molecule has 0 aliphatic carbocycles. The van der Waals surface area contributed by atoms with Crippen molar-refractivity contribution < 1.29 is 42.9 Å². The van der Waals surface area contributed by atoms with Crippen LogP contribution in [0.5, 0.6) is 11.6 Å². The maximum Gasteiger partial charge on any atom is 0.416 e. The average molecular weight is 471 g/mol. The Morgan fingerprint density at radius 2 is 1.58 bits per heavy atom. The van der Waals surface area contributed by atoms with Crippen LogP contribution < -0.4 is 16.2 Å². The summed E-state index contributed by atoms with van der Waals surface area (Å²) in [5.41, 5.74) is -4.76. The SMILES string of the molecule is CCCCNC(=O)c1c(O)c(C(=O)NCC(=O)O)c(=O)n(-c2ccc(C(F)(F)F)cc2)c1O. The van der Waals surface area contributed by atoms with Crippen molar-refractivity contribution in [3.8, 4) is 17.3 Å². The third-order valence-corrected chi connectivity index (χ3v) is 4.45. The number of pyridine rings is 1. The third kappa shape index (κ3) is 5.61. The van der Waals surface area contributed by atoms with E-state index in [1.165, 1.54) is 0 Å². The first kappa shape index (κ1) is 25.2. The number of carboxylic acid groups (broad SMARTS) is 1. The zero-order valence-corrected chi connectivity index (χ0v) is 17.2. The van der Waals surface area contributed by atoms with Gasteiger partial charge in [-0.15, -0.1) is 0 Å². The van der Waals surface area contributed by atoms with Crippen LogP contribution in [-0.4, -0.2) is 50.8 Å². The van der Waals surface area contributed by atoms with E-state index in [0.717, 1.165) is 12.1 Å². The highest BCUT2D eigenvalue weighted by Gasteiger charge is 2.32. The van der Waals surface area contributed by atoms with Crippen LogP contribution in [0.15, 0.2) is 29.1 Å². The minimum atomic E-state index is -4.69. The van der Waals surface area contributed by atoms with Crippen LogP contribution in [0.3, 0.4) is 0 Å². The predicted octanol–water partition coefficient (Wildman–Crippen LogP) is 1.61. The Hall–Kier alpha value is -4.03. The number of amides is 2. The van der Waals surface area contributed by atoms with Gasteiger partial charge in [0.05, 0.1) is 11.3 Å². The smallest absolute Gasteiger partial charge is 0.416 e. The van der Waals surface area contributed by atoms with E-state index in [1.54, 1.807) is 0 Å². The predicted molar refractivity (Wildman–Crippen MR) is 108 cm³/mol. The molecule has 178 valence electrons. The normalized spacial score (nSPS) is 11.2. The molecular formula is C20H20F3N3O7. The van der Waals surface area contributed by atoms with Gasteiger partial charge in [-0.2, -0.15) is 13.2 Å². The van der Waals surface area contributed by atoms with Gasteiger partial charge in [0.25, 0.3) is 17.4 Å². The number of benzene rings is 1. The van der Waals surface area contributed by atoms with E-state index in [1.807, 2.05) is 12.2 Å². The molecule has 2 aromatic rings. The summed E-state index contributed by atoms with van der Waals surface area (Å²) in [6.45, 7) is 1.02. The van der Waals surface area contributed by atoms with Crippen molar-refractivity contribution >= 4 is 17.8 Å². The highest BCUT2D eigenvalue weighted by Crippen LogP contribution is 2.32. The van der Waals surface area contributed by atoms with Gasteiger partial charge in [0.1, 0.15) is 17.7 Å². The molecule has 0 atom stereocenters. The number of nitrogens with one attached hydrogen (secondary N) is 2. The van der Waals surface area contributed by atoms with Crippen molar-refractivity contribution in [1.82, 2.24) is 15.2 Å². The van der Waals surface area contributed by atoms with Gasteiger partial charge in [-0.3, -0.25) is 19.2 Å². The minimum Gasteiger partial charge on any atom is -0.506 e. The van der Waals surface area contributed by atoms with Crippen molar-refractivity contribution in [1.29, 1.82) is 0 Å². The van der Waals surface area contributed by atoms with Crippen LogP contribution >= 0.6 is 0 Å². The lowest BCUT2D eigenvalue weighted by molar-refractivity contribution is -0.138. The maximum absolute atomic E-state index is 12.9. The molecule has 0 saturated carbocycles. The Morgan fingerprint density at radius 3 is 2.09 bits per heavy atom. The summed E-state index contributed by atoms with van der Waals surface area (Å²) in [4.78, 5) is 48.6.